The maximum Gasteiger partial charge on any atom is 0.224 e. The molecule has 19 heavy (non-hydrogen) atoms. The van der Waals surface area contributed by atoms with Crippen molar-refractivity contribution in [1.29, 1.82) is 0 Å². The monoisotopic (exact) mass is 260 g/mol. The van der Waals surface area contributed by atoms with E-state index in [1.165, 1.54) is 37.9 Å². The molecule has 1 aliphatic heterocycles. The van der Waals surface area contributed by atoms with Crippen LogP contribution in [0.25, 0.3) is 0 Å². The van der Waals surface area contributed by atoms with E-state index in [9.17, 15) is 4.79 Å². The number of rotatable bonds is 5. The summed E-state index contributed by atoms with van der Waals surface area (Å²) in [7, 11) is 0. The first-order valence-corrected chi connectivity index (χ1v) is 7.39. The van der Waals surface area contributed by atoms with Crippen LogP contribution in [0, 0.1) is 0 Å². The number of nitrogens with zero attached hydrogens (tertiary/aromatic N) is 1. The van der Waals surface area contributed by atoms with E-state index in [0.717, 1.165) is 18.7 Å². The largest absolute Gasteiger partial charge is 0.326 e. The lowest BCUT2D eigenvalue weighted by Gasteiger charge is -2.26. The molecule has 1 fully saturated rings. The summed E-state index contributed by atoms with van der Waals surface area (Å²) in [5.74, 6) is 0.103. The predicted molar refractivity (Wildman–Crippen MR) is 79.1 cm³/mol. The lowest BCUT2D eigenvalue weighted by molar-refractivity contribution is -0.116. The predicted octanol–water partition coefficient (Wildman–Crippen LogP) is 3.41. The van der Waals surface area contributed by atoms with E-state index in [-0.39, 0.29) is 5.91 Å². The summed E-state index contributed by atoms with van der Waals surface area (Å²) in [6.45, 7) is 5.48. The molecule has 0 atom stereocenters. The van der Waals surface area contributed by atoms with Gasteiger partial charge in [0.2, 0.25) is 5.91 Å². The Kier molecular flexibility index (Phi) is 5.40. The average Bonchev–Trinajstić information content (AvgIpc) is 2.42. The highest BCUT2D eigenvalue weighted by atomic mass is 16.1. The first-order chi connectivity index (χ1) is 9.28. The number of anilines is 1. The summed E-state index contributed by atoms with van der Waals surface area (Å²) >= 11 is 0. The second-order valence-electron chi connectivity index (χ2n) is 5.33. The van der Waals surface area contributed by atoms with Crippen LogP contribution in [-0.4, -0.2) is 23.9 Å². The van der Waals surface area contributed by atoms with Crippen LogP contribution >= 0.6 is 0 Å². The van der Waals surface area contributed by atoms with Gasteiger partial charge in [-0.05, 0) is 50.0 Å². The Balaban J connectivity index is 1.85. The normalized spacial score (nSPS) is 16.3. The third kappa shape index (κ3) is 4.67. The van der Waals surface area contributed by atoms with Gasteiger partial charge in [0, 0.05) is 18.7 Å². The lowest BCUT2D eigenvalue weighted by Crippen LogP contribution is -2.29. The maximum absolute atomic E-state index is 11.5. The average molecular weight is 260 g/mol. The van der Waals surface area contributed by atoms with E-state index in [1.54, 1.807) is 0 Å². The molecule has 1 saturated heterocycles. The summed E-state index contributed by atoms with van der Waals surface area (Å²) in [6, 6.07) is 8.26. The summed E-state index contributed by atoms with van der Waals surface area (Å²) in [5, 5.41) is 2.92. The Morgan fingerprint density at radius 3 is 2.47 bits per heavy atom. The lowest BCUT2D eigenvalue weighted by atomic mass is 10.1. The minimum atomic E-state index is 0.103. The Morgan fingerprint density at radius 2 is 1.84 bits per heavy atom. The van der Waals surface area contributed by atoms with E-state index >= 15 is 0 Å². The van der Waals surface area contributed by atoms with Crippen molar-refractivity contribution < 1.29 is 4.79 Å². The maximum atomic E-state index is 11.5. The third-order valence-corrected chi connectivity index (χ3v) is 3.57. The van der Waals surface area contributed by atoms with Gasteiger partial charge in [-0.25, -0.2) is 0 Å². The zero-order valence-electron chi connectivity index (χ0n) is 11.8. The molecule has 0 bridgehead atoms. The number of amides is 1. The number of likely N-dealkylation sites (tertiary alicyclic amines) is 1. The molecule has 3 nitrogen and oxygen atoms in total. The first-order valence-electron chi connectivity index (χ1n) is 7.39. The van der Waals surface area contributed by atoms with Gasteiger partial charge in [-0.3, -0.25) is 9.69 Å². The van der Waals surface area contributed by atoms with Gasteiger partial charge in [-0.1, -0.05) is 25.5 Å². The molecule has 2 rings (SSSR count). The third-order valence-electron chi connectivity index (χ3n) is 3.57. The number of benzene rings is 1. The number of carbonyl (C=O) groups is 1. The van der Waals surface area contributed by atoms with Gasteiger partial charge in [0.05, 0.1) is 0 Å². The molecule has 104 valence electrons. The van der Waals surface area contributed by atoms with Crippen LogP contribution in [0.5, 0.6) is 0 Å². The van der Waals surface area contributed by atoms with Gasteiger partial charge in [-0.15, -0.1) is 0 Å². The van der Waals surface area contributed by atoms with Crippen molar-refractivity contribution in [3.8, 4) is 0 Å². The Hall–Kier alpha value is -1.35. The molecule has 0 saturated carbocycles. The van der Waals surface area contributed by atoms with Crippen LogP contribution in [0.4, 0.5) is 5.69 Å². The summed E-state index contributed by atoms with van der Waals surface area (Å²) in [4.78, 5) is 14.0. The molecule has 1 amide bonds. The number of piperidine rings is 1. The molecule has 1 aromatic carbocycles. The highest BCUT2D eigenvalue weighted by Gasteiger charge is 2.10. The van der Waals surface area contributed by atoms with Gasteiger partial charge in [0.1, 0.15) is 0 Å². The van der Waals surface area contributed by atoms with Crippen molar-refractivity contribution in [2.45, 2.75) is 45.6 Å². The van der Waals surface area contributed by atoms with Crippen molar-refractivity contribution in [1.82, 2.24) is 4.90 Å². The zero-order chi connectivity index (χ0) is 13.5. The quantitative estimate of drug-likeness (QED) is 0.880. The van der Waals surface area contributed by atoms with E-state index in [0.29, 0.717) is 6.42 Å². The van der Waals surface area contributed by atoms with Crippen LogP contribution in [0.1, 0.15) is 44.6 Å². The second-order valence-corrected chi connectivity index (χ2v) is 5.33. The molecular formula is C16H24N2O. The van der Waals surface area contributed by atoms with Gasteiger partial charge in [-0.2, -0.15) is 0 Å². The van der Waals surface area contributed by atoms with Gasteiger partial charge in [0.25, 0.3) is 0 Å². The van der Waals surface area contributed by atoms with Gasteiger partial charge in [0.15, 0.2) is 0 Å². The minimum Gasteiger partial charge on any atom is -0.326 e. The number of nitrogens with one attached hydrogen (secondary N) is 1. The van der Waals surface area contributed by atoms with Crippen LogP contribution in [0.2, 0.25) is 0 Å². The summed E-state index contributed by atoms with van der Waals surface area (Å²) in [5.41, 5.74) is 2.23. The number of hydrogen-bond donors (Lipinski definition) is 1. The van der Waals surface area contributed by atoms with Crippen LogP contribution in [0.3, 0.4) is 0 Å². The molecule has 1 aromatic rings. The molecule has 0 unspecified atom stereocenters. The van der Waals surface area contributed by atoms with E-state index in [1.807, 2.05) is 19.1 Å². The molecule has 1 heterocycles. The van der Waals surface area contributed by atoms with Crippen LogP contribution < -0.4 is 5.32 Å². The highest BCUT2D eigenvalue weighted by Crippen LogP contribution is 2.15. The van der Waals surface area contributed by atoms with Crippen LogP contribution in [-0.2, 0) is 11.3 Å². The molecule has 0 aliphatic carbocycles. The molecule has 0 radical (unpaired) electrons. The number of hydrogen-bond acceptors (Lipinski definition) is 2. The molecular weight excluding hydrogens is 236 g/mol. The fourth-order valence-corrected chi connectivity index (χ4v) is 2.52. The molecule has 0 aromatic heterocycles. The highest BCUT2D eigenvalue weighted by molar-refractivity contribution is 5.90. The summed E-state index contributed by atoms with van der Waals surface area (Å²) in [6.07, 6.45) is 5.50. The Morgan fingerprint density at radius 1 is 1.16 bits per heavy atom. The zero-order valence-corrected chi connectivity index (χ0v) is 11.8. The smallest absolute Gasteiger partial charge is 0.224 e. The van der Waals surface area contributed by atoms with Crippen molar-refractivity contribution in [3.05, 3.63) is 29.8 Å². The van der Waals surface area contributed by atoms with Crippen LogP contribution in [0.15, 0.2) is 24.3 Å². The van der Waals surface area contributed by atoms with E-state index < -0.39 is 0 Å². The number of carbonyl (C=O) groups excluding carboxylic acids is 1. The molecule has 0 spiro atoms. The van der Waals surface area contributed by atoms with Gasteiger partial charge < -0.3 is 5.32 Å². The van der Waals surface area contributed by atoms with Crippen molar-refractivity contribution in [2.24, 2.45) is 0 Å². The van der Waals surface area contributed by atoms with Crippen molar-refractivity contribution in [3.63, 3.8) is 0 Å². The first kappa shape index (κ1) is 14.1. The van der Waals surface area contributed by atoms with E-state index in [2.05, 4.69) is 22.3 Å². The van der Waals surface area contributed by atoms with Gasteiger partial charge >= 0.3 is 0 Å². The Bertz CT molecular complexity index is 394. The summed E-state index contributed by atoms with van der Waals surface area (Å²) < 4.78 is 0. The molecule has 3 heteroatoms. The fourth-order valence-electron chi connectivity index (χ4n) is 2.52. The standard InChI is InChI=1S/C16H24N2O/c1-2-6-16(19)17-15-9-7-14(8-10-15)13-18-11-4-3-5-12-18/h7-10H,2-6,11-13H2,1H3,(H,17,19). The topological polar surface area (TPSA) is 32.3 Å². The molecule has 1 N–H and O–H groups in total. The van der Waals surface area contributed by atoms with E-state index in [4.69, 9.17) is 0 Å². The fraction of sp³-hybridized carbons (Fsp3) is 0.562. The second kappa shape index (κ2) is 7.29. The minimum absolute atomic E-state index is 0.103. The van der Waals surface area contributed by atoms with Crippen molar-refractivity contribution >= 4 is 11.6 Å². The SMILES string of the molecule is CCCC(=O)Nc1ccc(CN2CCCCC2)cc1. The Labute approximate surface area is 116 Å². The molecule has 1 aliphatic rings. The van der Waals surface area contributed by atoms with Crippen molar-refractivity contribution in [2.75, 3.05) is 18.4 Å².